The Morgan fingerprint density at radius 2 is 1.25 bits per heavy atom. The molecule has 0 aromatic carbocycles. The summed E-state index contributed by atoms with van der Waals surface area (Å²) in [5, 5.41) is 0. The van der Waals surface area contributed by atoms with Crippen molar-refractivity contribution in [2.45, 2.75) is 0 Å². The highest BCUT2D eigenvalue weighted by atomic mass is 79.9. The topological polar surface area (TPSA) is 0 Å². The normalized spacial score (nSPS) is 2.50. The van der Waals surface area contributed by atoms with Gasteiger partial charge < -0.3 is 0 Å². The van der Waals surface area contributed by atoms with E-state index in [1.807, 2.05) is 0 Å². The van der Waals surface area contributed by atoms with Crippen LogP contribution in [0.2, 0.25) is 0 Å². The number of hydrogen-bond acceptors (Lipinski definition) is 0. The lowest BCUT2D eigenvalue weighted by Gasteiger charge is -1.00. The molecule has 0 rings (SSSR count). The standard InChI is InChI=1S/C2H4.BrCl/c2*1-2/h1-2H2;. The van der Waals surface area contributed by atoms with Crippen LogP contribution in [0.15, 0.2) is 13.2 Å². The molecule has 0 saturated carbocycles. The largest absolute Gasteiger partial charge is 0.106 e. The summed E-state index contributed by atoms with van der Waals surface area (Å²) in [4.78, 5) is 0. The average Bonchev–Trinajstić information content (AvgIpc) is 1.50. The van der Waals surface area contributed by atoms with Crippen LogP contribution in [0, 0.1) is 0 Å². The molecular weight excluding hydrogens is 139 g/mol. The van der Waals surface area contributed by atoms with E-state index in [9.17, 15) is 0 Å². The molecule has 0 fully saturated rings. The van der Waals surface area contributed by atoms with Gasteiger partial charge in [0.1, 0.15) is 0 Å². The lowest BCUT2D eigenvalue weighted by molar-refractivity contribution is 2.81. The van der Waals surface area contributed by atoms with Gasteiger partial charge in [0.15, 0.2) is 0 Å². The molecule has 0 heterocycles. The molecule has 0 aliphatic heterocycles. The van der Waals surface area contributed by atoms with Crippen molar-refractivity contribution in [3.8, 4) is 0 Å². The molecule has 0 aliphatic rings. The van der Waals surface area contributed by atoms with Crippen molar-refractivity contribution in [2.24, 2.45) is 0 Å². The van der Waals surface area contributed by atoms with Crippen LogP contribution in [0.1, 0.15) is 0 Å². The van der Waals surface area contributed by atoms with E-state index in [-0.39, 0.29) is 0 Å². The van der Waals surface area contributed by atoms with Crippen LogP contribution in [-0.4, -0.2) is 0 Å². The Balaban J connectivity index is 0. The van der Waals surface area contributed by atoms with Gasteiger partial charge in [0.25, 0.3) is 0 Å². The first-order valence-corrected chi connectivity index (χ1v) is 2.73. The summed E-state index contributed by atoms with van der Waals surface area (Å²) < 4.78 is 0. The van der Waals surface area contributed by atoms with Crippen molar-refractivity contribution in [1.29, 1.82) is 0 Å². The van der Waals surface area contributed by atoms with Crippen LogP contribution in [0.25, 0.3) is 0 Å². The molecule has 2 heteroatoms. The maximum atomic E-state index is 4.45. The Labute approximate surface area is 38.8 Å². The summed E-state index contributed by atoms with van der Waals surface area (Å²) in [6, 6.07) is 0. The monoisotopic (exact) mass is 142 g/mol. The van der Waals surface area contributed by atoms with Gasteiger partial charge in [0.2, 0.25) is 0 Å². The summed E-state index contributed by atoms with van der Waals surface area (Å²) in [6.45, 7) is 6.00. The molecule has 0 saturated heterocycles. The number of hydrogen-bond donors (Lipinski definition) is 0. The van der Waals surface area contributed by atoms with E-state index in [1.165, 1.54) is 0 Å². The summed E-state index contributed by atoms with van der Waals surface area (Å²) in [6.07, 6.45) is 0. The summed E-state index contributed by atoms with van der Waals surface area (Å²) >= 11 is 2.41. The molecule has 0 aromatic rings. The quantitative estimate of drug-likeness (QED) is 0.457. The number of rotatable bonds is 0. The molecule has 0 aliphatic carbocycles. The van der Waals surface area contributed by atoms with E-state index in [2.05, 4.69) is 38.3 Å². The zero-order valence-electron chi connectivity index (χ0n) is 2.17. The average molecular weight is 143 g/mol. The maximum Gasteiger partial charge on any atom is 0.0341 e. The molecule has 0 aromatic heterocycles. The van der Waals surface area contributed by atoms with Gasteiger partial charge in [-0.2, -0.15) is 0 Å². The van der Waals surface area contributed by atoms with Crippen molar-refractivity contribution in [2.75, 3.05) is 0 Å². The Morgan fingerprint density at radius 3 is 1.25 bits per heavy atom. The van der Waals surface area contributed by atoms with E-state index in [4.69, 9.17) is 0 Å². The third-order valence-corrected chi connectivity index (χ3v) is 0. The molecule has 0 bridgehead atoms. The minimum absolute atomic E-state index is 2.41. The van der Waals surface area contributed by atoms with Gasteiger partial charge >= 0.3 is 0 Å². The van der Waals surface area contributed by atoms with Crippen LogP contribution in [0.4, 0.5) is 0 Å². The highest BCUT2D eigenvalue weighted by Gasteiger charge is 1.00. The molecule has 0 nitrogen and oxygen atoms in total. The fourth-order valence-corrected chi connectivity index (χ4v) is 0. The first-order chi connectivity index (χ1) is 2.00. The predicted octanol–water partition coefficient (Wildman–Crippen LogP) is 2.34. The van der Waals surface area contributed by atoms with Crippen LogP contribution < -0.4 is 0 Å². The van der Waals surface area contributed by atoms with Crippen LogP contribution in [0.3, 0.4) is 0 Å². The molecular formula is C2H4BrCl. The van der Waals surface area contributed by atoms with Crippen molar-refractivity contribution in [3.05, 3.63) is 13.2 Å². The first kappa shape index (κ1) is 8.82. The highest BCUT2D eigenvalue weighted by molar-refractivity contribution is 9.22. The second-order valence-electron chi connectivity index (χ2n) is 0. The maximum absolute atomic E-state index is 4.45. The molecule has 0 atom stereocenters. The first-order valence-electron chi connectivity index (χ1n) is 0.643. The molecule has 4 heavy (non-hydrogen) atoms. The van der Waals surface area contributed by atoms with Gasteiger partial charge in [-0.25, -0.2) is 0 Å². The van der Waals surface area contributed by atoms with Gasteiger partial charge in [-0.3, -0.25) is 0 Å². The van der Waals surface area contributed by atoms with E-state index in [0.717, 1.165) is 0 Å². The van der Waals surface area contributed by atoms with E-state index < -0.39 is 0 Å². The van der Waals surface area contributed by atoms with E-state index in [0.29, 0.717) is 0 Å². The fourth-order valence-electron chi connectivity index (χ4n) is 0. The van der Waals surface area contributed by atoms with E-state index in [1.54, 1.807) is 0 Å². The summed E-state index contributed by atoms with van der Waals surface area (Å²) in [5.41, 5.74) is 0. The van der Waals surface area contributed by atoms with Gasteiger partial charge in [-0.15, -0.1) is 13.2 Å². The molecule has 0 radical (unpaired) electrons. The minimum atomic E-state index is 2.41. The van der Waals surface area contributed by atoms with Gasteiger partial charge in [0, 0.05) is 15.0 Å². The van der Waals surface area contributed by atoms with Gasteiger partial charge in [-0.05, 0) is 10.1 Å². The molecule has 26 valence electrons. The zero-order valence-corrected chi connectivity index (χ0v) is 4.51. The van der Waals surface area contributed by atoms with E-state index >= 15 is 0 Å². The second-order valence-corrected chi connectivity index (χ2v) is 0. The molecule has 0 N–H and O–H groups in total. The predicted molar refractivity (Wildman–Crippen MR) is 26.0 cm³/mol. The summed E-state index contributed by atoms with van der Waals surface area (Å²) in [7, 11) is 4.45. The van der Waals surface area contributed by atoms with Crippen LogP contribution in [-0.2, 0) is 0 Å². The van der Waals surface area contributed by atoms with Crippen molar-refractivity contribution < 1.29 is 0 Å². The Kier molecular flexibility index (Phi) is 187. The van der Waals surface area contributed by atoms with Gasteiger partial charge in [-0.1, -0.05) is 0 Å². The third-order valence-electron chi connectivity index (χ3n) is 0. The fraction of sp³-hybridized carbons (Fsp3) is 0. The third kappa shape index (κ3) is 22.0. The molecule has 0 spiro atoms. The van der Waals surface area contributed by atoms with Crippen LogP contribution >= 0.6 is 25.1 Å². The van der Waals surface area contributed by atoms with Gasteiger partial charge in [0.05, 0.1) is 0 Å². The summed E-state index contributed by atoms with van der Waals surface area (Å²) in [5.74, 6) is 0. The Morgan fingerprint density at radius 1 is 1.25 bits per heavy atom. The smallest absolute Gasteiger partial charge is 0.0341 e. The molecule has 0 unspecified atom stereocenters. The Bertz CT molecular complexity index is 6.00. The lowest BCUT2D eigenvalue weighted by Crippen LogP contribution is -0.552. The molecule has 0 amide bonds. The second kappa shape index (κ2) is 85.0. The van der Waals surface area contributed by atoms with Crippen molar-refractivity contribution >= 4 is 25.1 Å². The number of halogens is 2. The zero-order chi connectivity index (χ0) is 4.00. The SMILES string of the molecule is C=C.ClBr. The van der Waals surface area contributed by atoms with Crippen molar-refractivity contribution in [3.63, 3.8) is 0 Å². The lowest BCUT2D eigenvalue weighted by atomic mass is 11.3. The van der Waals surface area contributed by atoms with Crippen molar-refractivity contribution in [1.82, 2.24) is 0 Å². The van der Waals surface area contributed by atoms with Crippen LogP contribution in [0.5, 0.6) is 0 Å². The highest BCUT2D eigenvalue weighted by Crippen LogP contribution is 1.77. The Hall–Kier alpha value is 0.510. The minimum Gasteiger partial charge on any atom is -0.106 e.